The van der Waals surface area contributed by atoms with Crippen LogP contribution in [-0.4, -0.2) is 29.3 Å². The van der Waals surface area contributed by atoms with Crippen molar-refractivity contribution in [2.45, 2.75) is 76.7 Å². The van der Waals surface area contributed by atoms with E-state index < -0.39 is 0 Å². The van der Waals surface area contributed by atoms with E-state index in [-0.39, 0.29) is 11.9 Å². The normalized spacial score (nSPS) is 42.0. The quantitative estimate of drug-likeness (QED) is 0.866. The summed E-state index contributed by atoms with van der Waals surface area (Å²) in [7, 11) is 0. The molecule has 5 rings (SSSR count). The van der Waals surface area contributed by atoms with Gasteiger partial charge in [-0.05, 0) is 81.0 Å². The lowest BCUT2D eigenvalue weighted by Gasteiger charge is -2.57. The number of carbonyl (C=O) groups excluding carboxylic acids is 2. The van der Waals surface area contributed by atoms with Crippen LogP contribution in [0.2, 0.25) is 0 Å². The number of piperidine rings is 1. The van der Waals surface area contributed by atoms with Crippen LogP contribution in [0.4, 0.5) is 0 Å². The Labute approximate surface area is 139 Å². The van der Waals surface area contributed by atoms with Crippen LogP contribution in [0, 0.1) is 23.2 Å². The zero-order chi connectivity index (χ0) is 16.0. The Kier molecular flexibility index (Phi) is 3.89. The molecule has 0 spiro atoms. The maximum atomic E-state index is 13.0. The second-order valence-electron chi connectivity index (χ2n) is 9.00. The predicted octanol–water partition coefficient (Wildman–Crippen LogP) is 2.85. The Morgan fingerprint density at radius 1 is 1.00 bits per heavy atom. The van der Waals surface area contributed by atoms with E-state index in [9.17, 15) is 9.59 Å². The molecule has 1 atom stereocenters. The lowest BCUT2D eigenvalue weighted by atomic mass is 9.49. The van der Waals surface area contributed by atoms with Gasteiger partial charge in [-0.2, -0.15) is 0 Å². The van der Waals surface area contributed by atoms with E-state index in [1.165, 1.54) is 38.5 Å². The lowest BCUT2D eigenvalue weighted by molar-refractivity contribution is -0.143. The van der Waals surface area contributed by atoms with Gasteiger partial charge in [-0.3, -0.25) is 9.59 Å². The number of primary amides is 1. The summed E-state index contributed by atoms with van der Waals surface area (Å²) in [6.45, 7) is 0.823. The van der Waals surface area contributed by atoms with Crippen LogP contribution in [0.3, 0.4) is 0 Å². The zero-order valence-corrected chi connectivity index (χ0v) is 14.1. The molecule has 1 heterocycles. The van der Waals surface area contributed by atoms with E-state index in [0.717, 1.165) is 50.0 Å². The third kappa shape index (κ3) is 3.01. The van der Waals surface area contributed by atoms with E-state index in [4.69, 9.17) is 5.73 Å². The standard InChI is InChI=1S/C19H30N2O2/c20-17(22)8-16-3-1-2-4-21(16)18(23)12-19-9-13-5-14(10-19)7-15(6-13)11-19/h13-16H,1-12H2,(H2,20,22). The summed E-state index contributed by atoms with van der Waals surface area (Å²) in [5, 5.41) is 0. The first-order valence-electron chi connectivity index (χ1n) is 9.61. The van der Waals surface area contributed by atoms with Crippen molar-refractivity contribution >= 4 is 11.8 Å². The molecule has 5 fully saturated rings. The van der Waals surface area contributed by atoms with E-state index in [1.54, 1.807) is 0 Å². The largest absolute Gasteiger partial charge is 0.370 e. The third-order valence-electron chi connectivity index (χ3n) is 7.08. The lowest BCUT2D eigenvalue weighted by Crippen LogP contribution is -2.51. The highest BCUT2D eigenvalue weighted by Crippen LogP contribution is 2.61. The molecule has 4 bridgehead atoms. The molecule has 2 amide bonds. The summed E-state index contributed by atoms with van der Waals surface area (Å²) in [5.74, 6) is 2.69. The van der Waals surface area contributed by atoms with E-state index >= 15 is 0 Å². The van der Waals surface area contributed by atoms with Gasteiger partial charge >= 0.3 is 0 Å². The number of hydrogen-bond acceptors (Lipinski definition) is 2. The molecule has 1 aliphatic heterocycles. The van der Waals surface area contributed by atoms with Crippen molar-refractivity contribution in [2.24, 2.45) is 28.9 Å². The average molecular weight is 318 g/mol. The minimum atomic E-state index is -0.274. The molecule has 0 aromatic rings. The first-order valence-corrected chi connectivity index (χ1v) is 9.61. The first-order chi connectivity index (χ1) is 11.0. The average Bonchev–Trinajstić information content (AvgIpc) is 2.45. The molecule has 4 saturated carbocycles. The van der Waals surface area contributed by atoms with Gasteiger partial charge in [-0.15, -0.1) is 0 Å². The summed E-state index contributed by atoms with van der Waals surface area (Å²) < 4.78 is 0. The van der Waals surface area contributed by atoms with Gasteiger partial charge in [0.2, 0.25) is 11.8 Å². The highest BCUT2D eigenvalue weighted by Gasteiger charge is 2.52. The van der Waals surface area contributed by atoms with Gasteiger partial charge in [0.05, 0.1) is 0 Å². The van der Waals surface area contributed by atoms with Crippen LogP contribution in [0.15, 0.2) is 0 Å². The highest BCUT2D eigenvalue weighted by atomic mass is 16.2. The monoisotopic (exact) mass is 318 g/mol. The SMILES string of the molecule is NC(=O)CC1CCCCN1C(=O)CC12CC3CC(CC(C3)C1)C2. The summed E-state index contributed by atoms with van der Waals surface area (Å²) in [5.41, 5.74) is 5.69. The van der Waals surface area contributed by atoms with Gasteiger partial charge in [-0.25, -0.2) is 0 Å². The molecule has 23 heavy (non-hydrogen) atoms. The topological polar surface area (TPSA) is 63.4 Å². The van der Waals surface area contributed by atoms with Crippen molar-refractivity contribution in [2.75, 3.05) is 6.54 Å². The predicted molar refractivity (Wildman–Crippen MR) is 88.4 cm³/mol. The number of amides is 2. The number of rotatable bonds is 4. The van der Waals surface area contributed by atoms with Gasteiger partial charge in [0, 0.05) is 25.4 Å². The Balaban J connectivity index is 1.45. The van der Waals surface area contributed by atoms with Gasteiger partial charge in [-0.1, -0.05) is 0 Å². The molecule has 0 aromatic carbocycles. The van der Waals surface area contributed by atoms with Crippen molar-refractivity contribution < 1.29 is 9.59 Å². The Bertz CT molecular complexity index is 466. The molecule has 2 N–H and O–H groups in total. The van der Waals surface area contributed by atoms with E-state index in [2.05, 4.69) is 0 Å². The molecule has 1 saturated heterocycles. The molecular weight excluding hydrogens is 288 g/mol. The summed E-state index contributed by atoms with van der Waals surface area (Å²) in [6.07, 6.45) is 12.3. The van der Waals surface area contributed by atoms with Crippen LogP contribution < -0.4 is 5.73 Å². The van der Waals surface area contributed by atoms with Crippen molar-refractivity contribution in [1.82, 2.24) is 4.90 Å². The van der Waals surface area contributed by atoms with Crippen molar-refractivity contribution in [3.05, 3.63) is 0 Å². The number of nitrogens with zero attached hydrogens (tertiary/aromatic N) is 1. The first kappa shape index (κ1) is 15.5. The zero-order valence-electron chi connectivity index (χ0n) is 14.1. The summed E-state index contributed by atoms with van der Waals surface area (Å²) >= 11 is 0. The van der Waals surface area contributed by atoms with Crippen molar-refractivity contribution in [1.29, 1.82) is 0 Å². The minimum absolute atomic E-state index is 0.0580. The second kappa shape index (κ2) is 5.78. The van der Waals surface area contributed by atoms with E-state index in [0.29, 0.717) is 17.7 Å². The second-order valence-corrected chi connectivity index (χ2v) is 9.00. The molecule has 0 radical (unpaired) electrons. The smallest absolute Gasteiger partial charge is 0.223 e. The molecule has 4 aliphatic carbocycles. The molecule has 5 aliphatic rings. The molecule has 4 heteroatoms. The van der Waals surface area contributed by atoms with Crippen molar-refractivity contribution in [3.63, 3.8) is 0 Å². The minimum Gasteiger partial charge on any atom is -0.370 e. The van der Waals surface area contributed by atoms with Crippen LogP contribution >= 0.6 is 0 Å². The van der Waals surface area contributed by atoms with Crippen molar-refractivity contribution in [3.8, 4) is 0 Å². The molecule has 4 nitrogen and oxygen atoms in total. The fourth-order valence-corrected chi connectivity index (χ4v) is 6.70. The molecular formula is C19H30N2O2. The Hall–Kier alpha value is -1.06. The maximum Gasteiger partial charge on any atom is 0.223 e. The summed E-state index contributed by atoms with van der Waals surface area (Å²) in [4.78, 5) is 26.4. The number of nitrogens with two attached hydrogens (primary N) is 1. The van der Waals surface area contributed by atoms with Crippen LogP contribution in [-0.2, 0) is 9.59 Å². The molecule has 0 aromatic heterocycles. The molecule has 1 unspecified atom stereocenters. The van der Waals surface area contributed by atoms with Gasteiger partial charge < -0.3 is 10.6 Å². The highest BCUT2D eigenvalue weighted by molar-refractivity contribution is 5.79. The van der Waals surface area contributed by atoms with Crippen LogP contribution in [0.1, 0.15) is 70.6 Å². The van der Waals surface area contributed by atoms with Gasteiger partial charge in [0.25, 0.3) is 0 Å². The van der Waals surface area contributed by atoms with Crippen LogP contribution in [0.5, 0.6) is 0 Å². The van der Waals surface area contributed by atoms with Crippen LogP contribution in [0.25, 0.3) is 0 Å². The molecule has 128 valence electrons. The number of likely N-dealkylation sites (tertiary alicyclic amines) is 1. The summed E-state index contributed by atoms with van der Waals surface area (Å²) in [6, 6.07) is 0.0580. The third-order valence-corrected chi connectivity index (χ3v) is 7.08. The van der Waals surface area contributed by atoms with Gasteiger partial charge in [0.1, 0.15) is 0 Å². The van der Waals surface area contributed by atoms with E-state index in [1.807, 2.05) is 4.90 Å². The Morgan fingerprint density at radius 3 is 2.17 bits per heavy atom. The number of carbonyl (C=O) groups is 2. The number of hydrogen-bond donors (Lipinski definition) is 1. The fraction of sp³-hybridized carbons (Fsp3) is 0.895. The van der Waals surface area contributed by atoms with Gasteiger partial charge in [0.15, 0.2) is 0 Å². The maximum absolute atomic E-state index is 13.0. The Morgan fingerprint density at radius 2 is 1.61 bits per heavy atom. The fourth-order valence-electron chi connectivity index (χ4n) is 6.70.